The second kappa shape index (κ2) is 9.33. The van der Waals surface area contributed by atoms with Gasteiger partial charge in [0.1, 0.15) is 18.1 Å². The fourth-order valence-electron chi connectivity index (χ4n) is 2.28. The molecule has 1 N–H and O–H groups in total. The van der Waals surface area contributed by atoms with E-state index in [0.29, 0.717) is 30.3 Å². The minimum absolute atomic E-state index is 0.175. The first kappa shape index (κ1) is 19.1. The lowest BCUT2D eigenvalue weighted by Gasteiger charge is -2.18. The molecule has 4 nitrogen and oxygen atoms in total. The van der Waals surface area contributed by atoms with Crippen molar-refractivity contribution in [3.63, 3.8) is 0 Å². The predicted octanol–water partition coefficient (Wildman–Crippen LogP) is 4.31. The first-order valence-corrected chi connectivity index (χ1v) is 8.78. The van der Waals surface area contributed by atoms with Gasteiger partial charge < -0.3 is 14.8 Å². The molecular formula is C20H24ClNO3. The summed E-state index contributed by atoms with van der Waals surface area (Å²) in [7, 11) is 0. The first-order chi connectivity index (χ1) is 12.0. The summed E-state index contributed by atoms with van der Waals surface area (Å²) >= 11 is 6.07. The molecule has 0 unspecified atom stereocenters. The van der Waals surface area contributed by atoms with Crippen molar-refractivity contribution in [2.45, 2.75) is 33.3 Å². The van der Waals surface area contributed by atoms with Crippen LogP contribution in [-0.2, 0) is 4.79 Å². The minimum Gasteiger partial charge on any atom is -0.492 e. The average molecular weight is 362 g/mol. The quantitative estimate of drug-likeness (QED) is 0.713. The highest BCUT2D eigenvalue weighted by molar-refractivity contribution is 6.32. The molecule has 0 fully saturated rings. The summed E-state index contributed by atoms with van der Waals surface area (Å²) in [5.74, 6) is 1.14. The molecular weight excluding hydrogens is 338 g/mol. The summed E-state index contributed by atoms with van der Waals surface area (Å²) in [5.41, 5.74) is 2.41. The van der Waals surface area contributed by atoms with Gasteiger partial charge in [-0.05, 0) is 55.7 Å². The van der Waals surface area contributed by atoms with E-state index >= 15 is 0 Å². The second-order valence-electron chi connectivity index (χ2n) is 5.83. The van der Waals surface area contributed by atoms with Gasteiger partial charge in [0, 0.05) is 0 Å². The van der Waals surface area contributed by atoms with Crippen molar-refractivity contribution < 1.29 is 14.3 Å². The summed E-state index contributed by atoms with van der Waals surface area (Å²) in [5, 5.41) is 3.33. The van der Waals surface area contributed by atoms with E-state index in [1.54, 1.807) is 12.1 Å². The predicted molar refractivity (Wildman–Crippen MR) is 101 cm³/mol. The van der Waals surface area contributed by atoms with Crippen molar-refractivity contribution in [1.82, 2.24) is 5.32 Å². The molecule has 5 heteroatoms. The number of rotatable bonds is 8. The van der Waals surface area contributed by atoms with Crippen LogP contribution in [0.3, 0.4) is 0 Å². The van der Waals surface area contributed by atoms with Crippen LogP contribution in [-0.4, -0.2) is 25.2 Å². The molecule has 0 aliphatic rings. The Labute approximate surface area is 154 Å². The van der Waals surface area contributed by atoms with Crippen LogP contribution in [0.15, 0.2) is 42.5 Å². The van der Waals surface area contributed by atoms with E-state index < -0.39 is 6.10 Å². The lowest BCUT2D eigenvalue weighted by Crippen LogP contribution is -2.39. The molecule has 0 aliphatic heterocycles. The number of carbonyl (C=O) groups is 1. The van der Waals surface area contributed by atoms with Crippen molar-refractivity contribution in [3.05, 3.63) is 58.6 Å². The smallest absolute Gasteiger partial charge is 0.261 e. The maximum atomic E-state index is 12.3. The van der Waals surface area contributed by atoms with Gasteiger partial charge in [0.05, 0.1) is 11.6 Å². The molecule has 0 saturated carbocycles. The zero-order valence-corrected chi connectivity index (χ0v) is 15.6. The van der Waals surface area contributed by atoms with Crippen LogP contribution in [0.1, 0.15) is 24.5 Å². The molecule has 134 valence electrons. The first-order valence-electron chi connectivity index (χ1n) is 8.40. The maximum Gasteiger partial charge on any atom is 0.261 e. The average Bonchev–Trinajstić information content (AvgIpc) is 2.60. The molecule has 1 atom stereocenters. The number of hydrogen-bond donors (Lipinski definition) is 1. The number of nitrogens with one attached hydrogen (secondary N) is 1. The van der Waals surface area contributed by atoms with Crippen LogP contribution in [0.4, 0.5) is 0 Å². The van der Waals surface area contributed by atoms with Gasteiger partial charge in [0.15, 0.2) is 6.10 Å². The fourth-order valence-corrected chi connectivity index (χ4v) is 2.46. The Morgan fingerprint density at radius 1 is 1.16 bits per heavy atom. The molecule has 0 saturated heterocycles. The molecule has 0 aromatic heterocycles. The topological polar surface area (TPSA) is 47.6 Å². The Balaban J connectivity index is 1.79. The summed E-state index contributed by atoms with van der Waals surface area (Å²) in [4.78, 5) is 12.3. The molecule has 25 heavy (non-hydrogen) atoms. The van der Waals surface area contributed by atoms with E-state index in [1.807, 2.05) is 44.2 Å². The number of benzene rings is 2. The van der Waals surface area contributed by atoms with Gasteiger partial charge in [-0.2, -0.15) is 0 Å². The van der Waals surface area contributed by atoms with Crippen LogP contribution in [0.25, 0.3) is 0 Å². The summed E-state index contributed by atoms with van der Waals surface area (Å²) < 4.78 is 11.4. The number of halogens is 1. The Hall–Kier alpha value is -2.20. The highest BCUT2D eigenvalue weighted by atomic mass is 35.5. The largest absolute Gasteiger partial charge is 0.492 e. The van der Waals surface area contributed by atoms with Crippen LogP contribution < -0.4 is 14.8 Å². The molecule has 0 bridgehead atoms. The Kier molecular flexibility index (Phi) is 7.14. The highest BCUT2D eigenvalue weighted by Gasteiger charge is 2.18. The van der Waals surface area contributed by atoms with Crippen LogP contribution >= 0.6 is 11.6 Å². The van der Waals surface area contributed by atoms with Crippen molar-refractivity contribution in [3.8, 4) is 11.5 Å². The zero-order chi connectivity index (χ0) is 18.2. The van der Waals surface area contributed by atoms with Gasteiger partial charge in [0.2, 0.25) is 0 Å². The van der Waals surface area contributed by atoms with E-state index in [-0.39, 0.29) is 5.91 Å². The van der Waals surface area contributed by atoms with Crippen LogP contribution in [0, 0.1) is 13.8 Å². The van der Waals surface area contributed by atoms with Crippen molar-refractivity contribution >= 4 is 17.5 Å². The van der Waals surface area contributed by atoms with Gasteiger partial charge >= 0.3 is 0 Å². The van der Waals surface area contributed by atoms with Crippen molar-refractivity contribution in [1.29, 1.82) is 0 Å². The summed E-state index contributed by atoms with van der Waals surface area (Å²) in [6.07, 6.45) is -0.0313. The summed E-state index contributed by atoms with van der Waals surface area (Å²) in [6.45, 7) is 6.81. The van der Waals surface area contributed by atoms with Gasteiger partial charge in [-0.25, -0.2) is 0 Å². The number of carbonyl (C=O) groups excluding carboxylic acids is 1. The van der Waals surface area contributed by atoms with E-state index in [1.165, 1.54) is 11.1 Å². The third kappa shape index (κ3) is 5.68. The van der Waals surface area contributed by atoms with E-state index in [9.17, 15) is 4.79 Å². The lowest BCUT2D eigenvalue weighted by atomic mass is 10.1. The normalized spacial score (nSPS) is 11.7. The Morgan fingerprint density at radius 2 is 1.92 bits per heavy atom. The zero-order valence-electron chi connectivity index (χ0n) is 14.8. The molecule has 2 rings (SSSR count). The molecule has 0 aliphatic carbocycles. The molecule has 1 amide bonds. The number of para-hydroxylation sites is 1. The minimum atomic E-state index is -0.582. The van der Waals surface area contributed by atoms with Crippen LogP contribution in [0.2, 0.25) is 5.02 Å². The van der Waals surface area contributed by atoms with Crippen LogP contribution in [0.5, 0.6) is 11.5 Å². The van der Waals surface area contributed by atoms with E-state index in [0.717, 1.165) is 5.75 Å². The Morgan fingerprint density at radius 3 is 2.60 bits per heavy atom. The number of ether oxygens (including phenoxy) is 2. The van der Waals surface area contributed by atoms with Gasteiger partial charge in [-0.15, -0.1) is 0 Å². The summed E-state index contributed by atoms with van der Waals surface area (Å²) in [6, 6.07) is 13.1. The standard InChI is InChI=1S/C20H24ClNO3/c1-4-18(25-19-8-6-5-7-17(19)21)20(23)22-11-12-24-16-10-9-14(2)15(3)13-16/h5-10,13,18H,4,11-12H2,1-3H3,(H,22,23)/t18-/m0/s1. The molecule has 2 aromatic rings. The van der Waals surface area contributed by atoms with Gasteiger partial charge in [0.25, 0.3) is 5.91 Å². The van der Waals surface area contributed by atoms with Crippen molar-refractivity contribution in [2.24, 2.45) is 0 Å². The Bertz CT molecular complexity index is 718. The van der Waals surface area contributed by atoms with E-state index in [2.05, 4.69) is 12.2 Å². The van der Waals surface area contributed by atoms with E-state index in [4.69, 9.17) is 21.1 Å². The maximum absolute atomic E-state index is 12.3. The monoisotopic (exact) mass is 361 g/mol. The van der Waals surface area contributed by atoms with Gasteiger partial charge in [-0.1, -0.05) is 36.7 Å². The lowest BCUT2D eigenvalue weighted by molar-refractivity contribution is -0.128. The molecule has 0 heterocycles. The second-order valence-corrected chi connectivity index (χ2v) is 6.24. The number of aryl methyl sites for hydroxylation is 2. The fraction of sp³-hybridized carbons (Fsp3) is 0.350. The molecule has 0 radical (unpaired) electrons. The SMILES string of the molecule is CC[C@H](Oc1ccccc1Cl)C(=O)NCCOc1ccc(C)c(C)c1. The third-order valence-corrected chi connectivity index (χ3v) is 4.23. The van der Waals surface area contributed by atoms with Gasteiger partial charge in [-0.3, -0.25) is 4.79 Å². The van der Waals surface area contributed by atoms with Crippen molar-refractivity contribution in [2.75, 3.05) is 13.2 Å². The number of hydrogen-bond acceptors (Lipinski definition) is 3. The third-order valence-electron chi connectivity index (χ3n) is 3.92. The molecule has 2 aromatic carbocycles. The highest BCUT2D eigenvalue weighted by Crippen LogP contribution is 2.24. The molecule has 0 spiro atoms. The number of amides is 1.